The summed E-state index contributed by atoms with van der Waals surface area (Å²) in [6.07, 6.45) is -0.424. The number of nitrogens with one attached hydrogen (secondary N) is 2. The van der Waals surface area contributed by atoms with Gasteiger partial charge in [0.2, 0.25) is 11.8 Å². The normalized spacial score (nSPS) is 11.5. The molecule has 0 radical (unpaired) electrons. The van der Waals surface area contributed by atoms with Crippen molar-refractivity contribution >= 4 is 23.8 Å². The number of carbonyl (C=O) groups excluding carboxylic acids is 2. The number of rotatable bonds is 10. The number of azo groups is 1. The van der Waals surface area contributed by atoms with Crippen LogP contribution in [0.2, 0.25) is 0 Å². The summed E-state index contributed by atoms with van der Waals surface area (Å²) in [5.41, 5.74) is -2.56. The first-order valence-corrected chi connectivity index (χ1v) is 7.33. The maximum Gasteiger partial charge on any atom is 0.305 e. The van der Waals surface area contributed by atoms with E-state index in [0.717, 1.165) is 0 Å². The van der Waals surface area contributed by atoms with Gasteiger partial charge in [0.05, 0.1) is 12.8 Å². The molecular formula is C14H26N4O7. The number of hydrogen-bond donors (Lipinski definition) is 4. The topological polar surface area (TPSA) is 189 Å². The molecule has 0 unspecified atom stereocenters. The van der Waals surface area contributed by atoms with Gasteiger partial charge in [-0.05, 0) is 27.7 Å². The zero-order valence-electron chi connectivity index (χ0n) is 14.8. The van der Waals surface area contributed by atoms with Crippen molar-refractivity contribution in [1.29, 1.82) is 0 Å². The molecule has 0 spiro atoms. The highest BCUT2D eigenvalue weighted by atomic mass is 16.4. The monoisotopic (exact) mass is 362 g/mol. The molecule has 11 nitrogen and oxygen atoms in total. The molecule has 0 rings (SSSR count). The third kappa shape index (κ3) is 10.0. The van der Waals surface area contributed by atoms with Gasteiger partial charge in [-0.2, -0.15) is 10.2 Å². The summed E-state index contributed by atoms with van der Waals surface area (Å²) in [5, 5.41) is 29.7. The molecule has 2 amide bonds. The minimum atomic E-state index is -1.28. The highest BCUT2D eigenvalue weighted by Gasteiger charge is 2.32. The van der Waals surface area contributed by atoms with Crippen molar-refractivity contribution in [3.63, 3.8) is 0 Å². The fourth-order valence-electron chi connectivity index (χ4n) is 1.34. The molecular weight excluding hydrogens is 336 g/mol. The van der Waals surface area contributed by atoms with Gasteiger partial charge in [0.15, 0.2) is 11.1 Å². The van der Waals surface area contributed by atoms with Crippen LogP contribution in [0.4, 0.5) is 0 Å². The molecule has 0 aliphatic carbocycles. The number of carboxylic acid groups (broad SMARTS) is 2. The van der Waals surface area contributed by atoms with Crippen LogP contribution in [-0.2, 0) is 19.2 Å². The summed E-state index contributed by atoms with van der Waals surface area (Å²) >= 11 is 0. The molecule has 0 aliphatic heterocycles. The van der Waals surface area contributed by atoms with Crippen LogP contribution >= 0.6 is 0 Å². The highest BCUT2D eigenvalue weighted by Crippen LogP contribution is 2.16. The second-order valence-electron chi connectivity index (χ2n) is 6.12. The Morgan fingerprint density at radius 3 is 1.28 bits per heavy atom. The van der Waals surface area contributed by atoms with Crippen molar-refractivity contribution in [2.75, 3.05) is 13.1 Å². The number of nitrogens with zero attached hydrogens (tertiary/aromatic N) is 2. The van der Waals surface area contributed by atoms with Crippen molar-refractivity contribution < 1.29 is 34.9 Å². The van der Waals surface area contributed by atoms with Gasteiger partial charge in [-0.25, -0.2) is 0 Å². The maximum absolute atomic E-state index is 12.0. The van der Waals surface area contributed by atoms with E-state index in [4.69, 9.17) is 10.2 Å². The molecule has 0 heterocycles. The van der Waals surface area contributed by atoms with Crippen LogP contribution < -0.4 is 10.6 Å². The average Bonchev–Trinajstić information content (AvgIpc) is 2.44. The Bertz CT molecular complexity index is 483. The summed E-state index contributed by atoms with van der Waals surface area (Å²) in [7, 11) is 0. The summed E-state index contributed by atoms with van der Waals surface area (Å²) in [6, 6.07) is 0. The van der Waals surface area contributed by atoms with Crippen LogP contribution in [-0.4, -0.2) is 63.6 Å². The van der Waals surface area contributed by atoms with E-state index in [9.17, 15) is 19.2 Å². The maximum atomic E-state index is 12.0. The number of hydrogen-bond acceptors (Lipinski definition) is 6. The van der Waals surface area contributed by atoms with Crippen LogP contribution in [0.25, 0.3) is 0 Å². The predicted octanol–water partition coefficient (Wildman–Crippen LogP) is -0.647. The van der Waals surface area contributed by atoms with Gasteiger partial charge >= 0.3 is 11.9 Å². The fraction of sp³-hybridized carbons (Fsp3) is 0.714. The van der Waals surface area contributed by atoms with Gasteiger partial charge in [0, 0.05) is 13.1 Å². The van der Waals surface area contributed by atoms with Crippen LogP contribution in [0.3, 0.4) is 0 Å². The summed E-state index contributed by atoms with van der Waals surface area (Å²) in [6.45, 7) is 5.84. The lowest BCUT2D eigenvalue weighted by molar-refractivity contribution is -0.138. The molecule has 6 N–H and O–H groups in total. The standard InChI is InChI=1S/C14H24N4O6.H2O/c1-13(2,11(23)15-7-5-9(19)20)17-18-14(3,4)12(24)16-8-6-10(21)22;/h5-8H2,1-4H3,(H,15,23)(H,16,24)(H,19,20)(H,21,22);1H2/b18-17+;. The van der Waals surface area contributed by atoms with E-state index in [0.29, 0.717) is 0 Å². The third-order valence-electron chi connectivity index (χ3n) is 2.91. The Hall–Kier alpha value is -2.56. The molecule has 0 aromatic heterocycles. The SMILES string of the molecule is CC(C)(/N=N/C(C)(C)C(=O)NCCC(=O)O)C(=O)NCCC(=O)O.O. The number of amides is 2. The number of aliphatic carboxylic acids is 2. The predicted molar refractivity (Wildman–Crippen MR) is 87.2 cm³/mol. The number of carbonyl (C=O) groups is 4. The third-order valence-corrected chi connectivity index (χ3v) is 2.91. The lowest BCUT2D eigenvalue weighted by Gasteiger charge is -2.22. The second kappa shape index (κ2) is 10.3. The largest absolute Gasteiger partial charge is 0.481 e. The molecule has 0 saturated heterocycles. The molecule has 0 fully saturated rings. The van der Waals surface area contributed by atoms with Crippen molar-refractivity contribution in [1.82, 2.24) is 10.6 Å². The van der Waals surface area contributed by atoms with Crippen molar-refractivity contribution in [2.45, 2.75) is 51.6 Å². The zero-order chi connectivity index (χ0) is 19.0. The first-order valence-electron chi connectivity index (χ1n) is 7.33. The number of carboxylic acids is 2. The van der Waals surface area contributed by atoms with Crippen LogP contribution in [0, 0.1) is 0 Å². The molecule has 0 aliphatic rings. The molecule has 11 heteroatoms. The first kappa shape index (κ1) is 24.7. The van der Waals surface area contributed by atoms with Gasteiger partial charge in [0.1, 0.15) is 0 Å². The van der Waals surface area contributed by atoms with Crippen molar-refractivity contribution in [3.8, 4) is 0 Å². The van der Waals surface area contributed by atoms with E-state index in [-0.39, 0.29) is 31.4 Å². The van der Waals surface area contributed by atoms with Crippen LogP contribution in [0.5, 0.6) is 0 Å². The van der Waals surface area contributed by atoms with Crippen LogP contribution in [0.15, 0.2) is 10.2 Å². The molecule has 25 heavy (non-hydrogen) atoms. The molecule has 0 aromatic rings. The van der Waals surface area contributed by atoms with Gasteiger partial charge < -0.3 is 26.3 Å². The Morgan fingerprint density at radius 1 is 0.760 bits per heavy atom. The van der Waals surface area contributed by atoms with E-state index in [1.165, 1.54) is 27.7 Å². The van der Waals surface area contributed by atoms with E-state index in [2.05, 4.69) is 20.9 Å². The second-order valence-corrected chi connectivity index (χ2v) is 6.12. The Kier molecular flexibility index (Phi) is 10.2. The average molecular weight is 362 g/mol. The quantitative estimate of drug-likeness (QED) is 0.373. The Morgan fingerprint density at radius 2 is 1.04 bits per heavy atom. The highest BCUT2D eigenvalue weighted by molar-refractivity contribution is 5.87. The molecule has 144 valence electrons. The lowest BCUT2D eigenvalue weighted by Crippen LogP contribution is -2.44. The van der Waals surface area contributed by atoms with Gasteiger partial charge in [0.25, 0.3) is 0 Å². The smallest absolute Gasteiger partial charge is 0.305 e. The minimum Gasteiger partial charge on any atom is -0.481 e. The van der Waals surface area contributed by atoms with E-state index in [1.54, 1.807) is 0 Å². The van der Waals surface area contributed by atoms with Gasteiger partial charge in [-0.3, -0.25) is 19.2 Å². The Labute approximate surface area is 145 Å². The molecule has 0 bridgehead atoms. The Balaban J connectivity index is 0. The van der Waals surface area contributed by atoms with Crippen molar-refractivity contribution in [2.24, 2.45) is 10.2 Å². The molecule has 0 atom stereocenters. The van der Waals surface area contributed by atoms with E-state index < -0.39 is 34.8 Å². The zero-order valence-corrected chi connectivity index (χ0v) is 14.8. The first-order chi connectivity index (χ1) is 10.9. The van der Waals surface area contributed by atoms with E-state index >= 15 is 0 Å². The summed E-state index contributed by atoms with van der Waals surface area (Å²) < 4.78 is 0. The molecule has 0 saturated carbocycles. The van der Waals surface area contributed by atoms with Gasteiger partial charge in [-0.1, -0.05) is 0 Å². The lowest BCUT2D eigenvalue weighted by atomic mass is 10.0. The minimum absolute atomic E-state index is 0. The summed E-state index contributed by atoms with van der Waals surface area (Å²) in [5.74, 6) is -3.10. The molecule has 0 aromatic carbocycles. The van der Waals surface area contributed by atoms with Crippen molar-refractivity contribution in [3.05, 3.63) is 0 Å². The fourth-order valence-corrected chi connectivity index (χ4v) is 1.34. The summed E-state index contributed by atoms with van der Waals surface area (Å²) in [4.78, 5) is 44.7. The van der Waals surface area contributed by atoms with Gasteiger partial charge in [-0.15, -0.1) is 0 Å². The van der Waals surface area contributed by atoms with Crippen LogP contribution in [0.1, 0.15) is 40.5 Å². The van der Waals surface area contributed by atoms with E-state index in [1.807, 2.05) is 0 Å².